The summed E-state index contributed by atoms with van der Waals surface area (Å²) in [6.07, 6.45) is 0. The number of rotatable bonds is 3. The highest BCUT2D eigenvalue weighted by molar-refractivity contribution is 6.69. The molecule has 0 bridgehead atoms. The molecule has 0 unspecified atom stereocenters. The summed E-state index contributed by atoms with van der Waals surface area (Å²) >= 11 is 0. The molecule has 1 aromatic rings. The van der Waals surface area contributed by atoms with Crippen LogP contribution in [0.1, 0.15) is 5.56 Å². The molecule has 0 radical (unpaired) electrons. The molecule has 0 aliphatic carbocycles. The Morgan fingerprint density at radius 3 is 1.93 bits per heavy atom. The largest absolute Gasteiger partial charge is 0.536 e. The summed E-state index contributed by atoms with van der Waals surface area (Å²) in [7, 11) is 4.52. The molecule has 80 valence electrons. The maximum absolute atomic E-state index is 5.10. The molecule has 0 atom stereocenters. The average Bonchev–Trinajstić information content (AvgIpc) is 2.33. The molecule has 0 aliphatic heterocycles. The Bertz CT molecular complexity index is 341. The molecule has 0 N–H and O–H groups in total. The Labute approximate surface area is 90.4 Å². The van der Waals surface area contributed by atoms with E-state index in [4.69, 9.17) is 14.0 Å². The molecule has 15 heavy (non-hydrogen) atoms. The van der Waals surface area contributed by atoms with Crippen molar-refractivity contribution in [2.24, 2.45) is 0 Å². The normalized spacial score (nSPS) is 10.6. The van der Waals surface area contributed by atoms with Crippen molar-refractivity contribution >= 4 is 6.75 Å². The first-order valence-corrected chi connectivity index (χ1v) is 4.63. The van der Waals surface area contributed by atoms with Crippen LogP contribution in [-0.4, -0.2) is 28.1 Å². The van der Waals surface area contributed by atoms with E-state index in [0.29, 0.717) is 0 Å². The summed E-state index contributed by atoms with van der Waals surface area (Å²) < 4.78 is 15.3. The summed E-state index contributed by atoms with van der Waals surface area (Å²) in [4.78, 5) is 0. The predicted octanol–water partition coefficient (Wildman–Crippen LogP) is 1.46. The third-order valence-corrected chi connectivity index (χ3v) is 2.10. The topological polar surface area (TPSA) is 27.7 Å². The second kappa shape index (κ2) is 5.57. The fourth-order valence-corrected chi connectivity index (χ4v) is 1.16. The summed E-state index contributed by atoms with van der Waals surface area (Å²) in [6.45, 7) is -1.95. The fourth-order valence-electron chi connectivity index (χ4n) is 1.16. The van der Waals surface area contributed by atoms with E-state index < -0.39 is 6.75 Å². The van der Waals surface area contributed by atoms with Gasteiger partial charge in [-0.2, -0.15) is 0 Å². The monoisotopic (exact) mass is 205 g/mol. The SMILES string of the molecule is CO[B-](C#Cc1ccccc1)(OC)OC. The van der Waals surface area contributed by atoms with Crippen molar-refractivity contribution < 1.29 is 14.0 Å². The molecule has 0 fully saturated rings. The van der Waals surface area contributed by atoms with Crippen LogP contribution < -0.4 is 0 Å². The quantitative estimate of drug-likeness (QED) is 0.552. The van der Waals surface area contributed by atoms with Gasteiger partial charge >= 0.3 is 6.75 Å². The summed E-state index contributed by atoms with van der Waals surface area (Å²) in [5, 5.41) is 0. The molecular weight excluding hydrogens is 191 g/mol. The summed E-state index contributed by atoms with van der Waals surface area (Å²) in [5.41, 5.74) is 0.898. The standard InChI is InChI=1S/C11H14BO3/c1-13-12(14-2,15-3)10-9-11-7-5-4-6-8-11/h4-8H,1-3H3/q-1. The van der Waals surface area contributed by atoms with E-state index in [1.54, 1.807) is 0 Å². The van der Waals surface area contributed by atoms with Crippen molar-refractivity contribution in [2.45, 2.75) is 0 Å². The molecule has 0 aromatic heterocycles. The highest BCUT2D eigenvalue weighted by atomic mass is 16.7. The van der Waals surface area contributed by atoms with Crippen LogP contribution >= 0.6 is 0 Å². The lowest BCUT2D eigenvalue weighted by Gasteiger charge is -2.31. The van der Waals surface area contributed by atoms with Gasteiger partial charge in [0.15, 0.2) is 0 Å². The highest BCUT2D eigenvalue weighted by Crippen LogP contribution is 2.04. The van der Waals surface area contributed by atoms with Gasteiger partial charge in [0.05, 0.1) is 0 Å². The van der Waals surface area contributed by atoms with Crippen LogP contribution in [0.3, 0.4) is 0 Å². The van der Waals surface area contributed by atoms with Gasteiger partial charge in [-0.3, -0.25) is 0 Å². The van der Waals surface area contributed by atoms with Crippen LogP contribution in [-0.2, 0) is 14.0 Å². The van der Waals surface area contributed by atoms with Crippen LogP contribution in [0.2, 0.25) is 0 Å². The molecule has 0 saturated carbocycles. The number of hydrogen-bond donors (Lipinski definition) is 0. The Kier molecular flexibility index (Phi) is 4.38. The van der Waals surface area contributed by atoms with E-state index >= 15 is 0 Å². The van der Waals surface area contributed by atoms with E-state index in [9.17, 15) is 0 Å². The molecule has 4 heteroatoms. The van der Waals surface area contributed by atoms with E-state index in [1.165, 1.54) is 21.3 Å². The second-order valence-corrected chi connectivity index (χ2v) is 2.98. The maximum Gasteiger partial charge on any atom is 0.456 e. The Morgan fingerprint density at radius 1 is 0.933 bits per heavy atom. The molecule has 3 nitrogen and oxygen atoms in total. The van der Waals surface area contributed by atoms with E-state index in [0.717, 1.165) is 5.56 Å². The zero-order chi connectivity index (χ0) is 11.1. The number of benzene rings is 1. The van der Waals surface area contributed by atoms with Crippen molar-refractivity contribution in [1.82, 2.24) is 0 Å². The Balaban J connectivity index is 2.88. The lowest BCUT2D eigenvalue weighted by Crippen LogP contribution is -2.41. The molecule has 0 amide bonds. The predicted molar refractivity (Wildman–Crippen MR) is 60.1 cm³/mol. The van der Waals surface area contributed by atoms with Crippen molar-refractivity contribution in [2.75, 3.05) is 21.3 Å². The first kappa shape index (κ1) is 11.8. The third-order valence-electron chi connectivity index (χ3n) is 2.10. The molecule has 0 heterocycles. The van der Waals surface area contributed by atoms with Crippen molar-refractivity contribution in [3.05, 3.63) is 35.9 Å². The van der Waals surface area contributed by atoms with Gasteiger partial charge in [0.2, 0.25) is 0 Å². The summed E-state index contributed by atoms with van der Waals surface area (Å²) in [5.74, 6) is 5.79. The minimum atomic E-state index is -1.95. The van der Waals surface area contributed by atoms with Crippen LogP contribution in [0, 0.1) is 11.7 Å². The van der Waals surface area contributed by atoms with E-state index in [-0.39, 0.29) is 0 Å². The molecule has 0 saturated heterocycles. The summed E-state index contributed by atoms with van der Waals surface area (Å²) in [6, 6.07) is 9.60. The van der Waals surface area contributed by atoms with Crippen LogP contribution in [0.4, 0.5) is 0 Å². The van der Waals surface area contributed by atoms with Gasteiger partial charge in [0.1, 0.15) is 0 Å². The van der Waals surface area contributed by atoms with Crippen molar-refractivity contribution in [1.29, 1.82) is 0 Å². The lowest BCUT2D eigenvalue weighted by atomic mass is 9.79. The first-order chi connectivity index (χ1) is 7.26. The molecule has 0 aliphatic rings. The third kappa shape index (κ3) is 3.10. The van der Waals surface area contributed by atoms with Crippen LogP contribution in [0.15, 0.2) is 30.3 Å². The zero-order valence-electron chi connectivity index (χ0n) is 9.19. The van der Waals surface area contributed by atoms with Crippen molar-refractivity contribution in [3.63, 3.8) is 0 Å². The molecule has 1 aromatic carbocycles. The van der Waals surface area contributed by atoms with Gasteiger partial charge in [0.25, 0.3) is 0 Å². The van der Waals surface area contributed by atoms with E-state index in [1.807, 2.05) is 30.3 Å². The maximum atomic E-state index is 5.10. The van der Waals surface area contributed by atoms with Gasteiger partial charge in [-0.25, -0.2) is 5.82 Å². The van der Waals surface area contributed by atoms with Crippen molar-refractivity contribution in [3.8, 4) is 11.7 Å². The van der Waals surface area contributed by atoms with E-state index in [2.05, 4.69) is 11.7 Å². The average molecular weight is 205 g/mol. The minimum absolute atomic E-state index is 0.898. The van der Waals surface area contributed by atoms with Crippen LogP contribution in [0.5, 0.6) is 0 Å². The van der Waals surface area contributed by atoms with Crippen LogP contribution in [0.25, 0.3) is 0 Å². The van der Waals surface area contributed by atoms with Gasteiger partial charge in [-0.15, -0.1) is 5.92 Å². The van der Waals surface area contributed by atoms with Gasteiger partial charge < -0.3 is 14.0 Å². The molecule has 1 rings (SSSR count). The fraction of sp³-hybridized carbons (Fsp3) is 0.273. The Hall–Kier alpha value is -1.28. The van der Waals surface area contributed by atoms with Gasteiger partial charge in [-0.05, 0) is 33.5 Å². The number of hydrogen-bond acceptors (Lipinski definition) is 3. The van der Waals surface area contributed by atoms with Gasteiger partial charge in [0, 0.05) is 5.56 Å². The second-order valence-electron chi connectivity index (χ2n) is 2.98. The Morgan fingerprint density at radius 2 is 1.47 bits per heavy atom. The lowest BCUT2D eigenvalue weighted by molar-refractivity contribution is 0.141. The minimum Gasteiger partial charge on any atom is -0.536 e. The molecule has 0 spiro atoms. The molecular formula is C11H14BO3-. The smallest absolute Gasteiger partial charge is 0.456 e. The van der Waals surface area contributed by atoms with Gasteiger partial charge in [-0.1, -0.05) is 18.2 Å². The zero-order valence-corrected chi connectivity index (χ0v) is 9.19. The first-order valence-electron chi connectivity index (χ1n) is 4.63. The highest BCUT2D eigenvalue weighted by Gasteiger charge is 2.22.